The molecule has 0 bridgehead atoms. The Morgan fingerprint density at radius 3 is 2.40 bits per heavy atom. The molecule has 0 atom stereocenters. The van der Waals surface area contributed by atoms with E-state index in [1.807, 2.05) is 0 Å². The van der Waals surface area contributed by atoms with Gasteiger partial charge in [-0.1, -0.05) is 12.8 Å². The first-order valence-electron chi connectivity index (χ1n) is 6.63. The molecule has 1 aliphatic rings. The van der Waals surface area contributed by atoms with Gasteiger partial charge in [-0.05, 0) is 19.9 Å². The van der Waals surface area contributed by atoms with Crippen LogP contribution >= 0.6 is 24.0 Å². The number of nitrogens with zero attached hydrogens (tertiary/aromatic N) is 2. The van der Waals surface area contributed by atoms with Crippen LogP contribution in [0.25, 0.3) is 0 Å². The molecule has 4 nitrogen and oxygen atoms in total. The highest BCUT2D eigenvalue weighted by Gasteiger charge is 2.28. The van der Waals surface area contributed by atoms with Crippen LogP contribution < -0.4 is 10.6 Å². The molecule has 0 aliphatic heterocycles. The Hall–Kier alpha value is -0.250. The molecule has 0 spiro atoms. The third-order valence-corrected chi connectivity index (χ3v) is 3.15. The Balaban J connectivity index is 0.00000361. The number of guanidine groups is 1. The lowest BCUT2D eigenvalue weighted by molar-refractivity contribution is -0.142. The number of halogens is 4. The second kappa shape index (κ2) is 9.64. The molecule has 0 amide bonds. The van der Waals surface area contributed by atoms with Gasteiger partial charge in [0.1, 0.15) is 0 Å². The van der Waals surface area contributed by atoms with Gasteiger partial charge in [0, 0.05) is 26.2 Å². The maximum atomic E-state index is 12.1. The van der Waals surface area contributed by atoms with Gasteiger partial charge in [0.05, 0.1) is 6.54 Å². The first-order chi connectivity index (χ1) is 8.90. The molecule has 1 saturated carbocycles. The van der Waals surface area contributed by atoms with Crippen LogP contribution in [0.4, 0.5) is 13.2 Å². The van der Waals surface area contributed by atoms with Gasteiger partial charge in [-0.15, -0.1) is 24.0 Å². The summed E-state index contributed by atoms with van der Waals surface area (Å²) in [4.78, 5) is 5.32. The molecule has 120 valence electrons. The van der Waals surface area contributed by atoms with Crippen molar-refractivity contribution in [3.63, 3.8) is 0 Å². The third-order valence-electron chi connectivity index (χ3n) is 3.15. The van der Waals surface area contributed by atoms with Crippen LogP contribution in [0.2, 0.25) is 0 Å². The van der Waals surface area contributed by atoms with Gasteiger partial charge in [-0.2, -0.15) is 13.2 Å². The van der Waals surface area contributed by atoms with E-state index in [0.29, 0.717) is 25.1 Å². The van der Waals surface area contributed by atoms with Crippen molar-refractivity contribution >= 4 is 29.9 Å². The molecule has 0 radical (unpaired) electrons. The van der Waals surface area contributed by atoms with E-state index in [1.54, 1.807) is 7.05 Å². The second-order valence-electron chi connectivity index (χ2n) is 4.98. The predicted molar refractivity (Wildman–Crippen MR) is 85.7 cm³/mol. The Bertz CT molecular complexity index is 291. The van der Waals surface area contributed by atoms with Gasteiger partial charge in [0.25, 0.3) is 0 Å². The largest absolute Gasteiger partial charge is 0.401 e. The first-order valence-corrected chi connectivity index (χ1v) is 6.63. The molecule has 20 heavy (non-hydrogen) atoms. The molecule has 0 aromatic carbocycles. The van der Waals surface area contributed by atoms with Crippen LogP contribution in [0.5, 0.6) is 0 Å². The zero-order valence-electron chi connectivity index (χ0n) is 12.0. The summed E-state index contributed by atoms with van der Waals surface area (Å²) in [5, 5.41) is 6.33. The number of hydrogen-bond donors (Lipinski definition) is 2. The van der Waals surface area contributed by atoms with Crippen molar-refractivity contribution in [2.24, 2.45) is 4.99 Å². The summed E-state index contributed by atoms with van der Waals surface area (Å²) in [7, 11) is 3.13. The molecule has 2 N–H and O–H groups in total. The third kappa shape index (κ3) is 8.83. The summed E-state index contributed by atoms with van der Waals surface area (Å²) in [5.74, 6) is 0.673. The van der Waals surface area contributed by atoms with Crippen LogP contribution in [0.1, 0.15) is 25.7 Å². The summed E-state index contributed by atoms with van der Waals surface area (Å²) < 4.78 is 36.4. The molecule has 1 aliphatic carbocycles. The normalized spacial score (nSPS) is 17.2. The van der Waals surface area contributed by atoms with Crippen LogP contribution in [-0.4, -0.2) is 56.8 Å². The Morgan fingerprint density at radius 2 is 1.90 bits per heavy atom. The Labute approximate surface area is 135 Å². The fourth-order valence-corrected chi connectivity index (χ4v) is 2.21. The predicted octanol–water partition coefficient (Wildman–Crippen LogP) is 2.21. The van der Waals surface area contributed by atoms with Crippen LogP contribution in [0.15, 0.2) is 4.99 Å². The molecule has 0 aromatic heterocycles. The zero-order chi connectivity index (χ0) is 14.3. The number of nitrogens with one attached hydrogen (secondary N) is 2. The highest BCUT2D eigenvalue weighted by Crippen LogP contribution is 2.17. The van der Waals surface area contributed by atoms with Gasteiger partial charge >= 0.3 is 6.18 Å². The zero-order valence-corrected chi connectivity index (χ0v) is 14.3. The van der Waals surface area contributed by atoms with E-state index >= 15 is 0 Å². The second-order valence-corrected chi connectivity index (χ2v) is 4.98. The van der Waals surface area contributed by atoms with Crippen molar-refractivity contribution in [3.8, 4) is 0 Å². The van der Waals surface area contributed by atoms with E-state index in [9.17, 15) is 13.2 Å². The van der Waals surface area contributed by atoms with Crippen molar-refractivity contribution in [3.05, 3.63) is 0 Å². The number of alkyl halides is 3. The number of hydrogen-bond acceptors (Lipinski definition) is 2. The molecule has 8 heteroatoms. The first kappa shape index (κ1) is 19.8. The molecule has 1 rings (SSSR count). The fraction of sp³-hybridized carbons (Fsp3) is 0.917. The molecule has 0 heterocycles. The maximum Gasteiger partial charge on any atom is 0.401 e. The smallest absolute Gasteiger partial charge is 0.355 e. The van der Waals surface area contributed by atoms with Crippen LogP contribution in [0.3, 0.4) is 0 Å². The standard InChI is InChI=1S/C12H23F3N4.HI/c1-16-11(18-10-5-3-4-6-10)17-7-8-19(2)9-12(13,14)15;/h10H,3-9H2,1-2H3,(H2,16,17,18);1H. The molecule has 1 fully saturated rings. The fourth-order valence-electron chi connectivity index (χ4n) is 2.21. The average molecular weight is 408 g/mol. The lowest BCUT2D eigenvalue weighted by atomic mass is 10.2. The summed E-state index contributed by atoms with van der Waals surface area (Å²) in [6.07, 6.45) is 0.577. The summed E-state index contributed by atoms with van der Waals surface area (Å²) in [6, 6.07) is 0.444. The number of aliphatic imine (C=N–C) groups is 1. The average Bonchev–Trinajstić information content (AvgIpc) is 2.78. The molecular formula is C12H24F3IN4. The van der Waals surface area contributed by atoms with E-state index in [4.69, 9.17) is 0 Å². The Kier molecular flexibility index (Phi) is 9.52. The molecule has 0 unspecified atom stereocenters. The van der Waals surface area contributed by atoms with Crippen molar-refractivity contribution < 1.29 is 13.2 Å². The van der Waals surface area contributed by atoms with Gasteiger partial charge in [-0.3, -0.25) is 9.89 Å². The minimum absolute atomic E-state index is 0. The van der Waals surface area contributed by atoms with Crippen LogP contribution in [-0.2, 0) is 0 Å². The molecule has 0 aromatic rings. The van der Waals surface area contributed by atoms with Crippen LogP contribution in [0, 0.1) is 0 Å². The summed E-state index contributed by atoms with van der Waals surface area (Å²) in [5.41, 5.74) is 0. The quantitative estimate of drug-likeness (QED) is 0.417. The van der Waals surface area contributed by atoms with E-state index in [2.05, 4.69) is 15.6 Å². The van der Waals surface area contributed by atoms with Gasteiger partial charge in [-0.25, -0.2) is 0 Å². The van der Waals surface area contributed by atoms with Crippen molar-refractivity contribution in [2.45, 2.75) is 37.9 Å². The SMILES string of the molecule is CN=C(NCCN(C)CC(F)(F)F)NC1CCCC1.I. The van der Waals surface area contributed by atoms with E-state index in [-0.39, 0.29) is 24.0 Å². The lowest BCUT2D eigenvalue weighted by Gasteiger charge is -2.20. The summed E-state index contributed by atoms with van der Waals surface area (Å²) in [6.45, 7) is -0.118. The Morgan fingerprint density at radius 1 is 1.30 bits per heavy atom. The van der Waals surface area contributed by atoms with E-state index < -0.39 is 12.7 Å². The summed E-state index contributed by atoms with van der Waals surface area (Å²) >= 11 is 0. The van der Waals surface area contributed by atoms with E-state index in [0.717, 1.165) is 12.8 Å². The number of rotatable bonds is 5. The topological polar surface area (TPSA) is 39.7 Å². The molecule has 0 saturated heterocycles. The monoisotopic (exact) mass is 408 g/mol. The maximum absolute atomic E-state index is 12.1. The minimum Gasteiger partial charge on any atom is -0.355 e. The van der Waals surface area contributed by atoms with Gasteiger partial charge in [0.15, 0.2) is 5.96 Å². The lowest BCUT2D eigenvalue weighted by Crippen LogP contribution is -2.45. The van der Waals surface area contributed by atoms with Gasteiger partial charge in [0.2, 0.25) is 0 Å². The van der Waals surface area contributed by atoms with Crippen molar-refractivity contribution in [2.75, 3.05) is 33.7 Å². The minimum atomic E-state index is -4.14. The van der Waals surface area contributed by atoms with Crippen molar-refractivity contribution in [1.82, 2.24) is 15.5 Å². The number of likely N-dealkylation sites (N-methyl/N-ethyl adjacent to an activating group) is 1. The highest BCUT2D eigenvalue weighted by atomic mass is 127. The van der Waals surface area contributed by atoms with Gasteiger partial charge < -0.3 is 10.6 Å². The molecular weight excluding hydrogens is 384 g/mol. The highest BCUT2D eigenvalue weighted by molar-refractivity contribution is 14.0. The van der Waals surface area contributed by atoms with Crippen molar-refractivity contribution in [1.29, 1.82) is 0 Å². The van der Waals surface area contributed by atoms with E-state index in [1.165, 1.54) is 24.8 Å².